The van der Waals surface area contributed by atoms with Crippen LogP contribution in [0.15, 0.2) is 54.6 Å². The molecule has 2 aromatic carbocycles. The number of hydrogen-bond donors (Lipinski definition) is 1. The van der Waals surface area contributed by atoms with Crippen molar-refractivity contribution >= 4 is 11.6 Å². The predicted molar refractivity (Wildman–Crippen MR) is 115 cm³/mol. The maximum atomic E-state index is 13.1. The topological polar surface area (TPSA) is 39.3 Å². The maximum Gasteiger partial charge on any atom is 0.255 e. The van der Waals surface area contributed by atoms with Crippen LogP contribution in [0.5, 0.6) is 0 Å². The van der Waals surface area contributed by atoms with E-state index in [4.69, 9.17) is 0 Å². The molecular formula is C24H27N3O. The summed E-state index contributed by atoms with van der Waals surface area (Å²) >= 11 is 0. The number of aromatic nitrogens is 1. The van der Waals surface area contributed by atoms with Gasteiger partial charge in [-0.25, -0.2) is 0 Å². The molecule has 4 heteroatoms. The van der Waals surface area contributed by atoms with Gasteiger partial charge in [-0.2, -0.15) is 0 Å². The van der Waals surface area contributed by atoms with Crippen LogP contribution in [0.25, 0.3) is 11.3 Å². The van der Waals surface area contributed by atoms with Crippen LogP contribution in [0.2, 0.25) is 0 Å². The highest BCUT2D eigenvalue weighted by atomic mass is 16.2. The number of aryl methyl sites for hydroxylation is 2. The number of anilines is 1. The highest BCUT2D eigenvalue weighted by Gasteiger charge is 2.25. The summed E-state index contributed by atoms with van der Waals surface area (Å²) in [6, 6.07) is 18.6. The van der Waals surface area contributed by atoms with Gasteiger partial charge in [0.2, 0.25) is 0 Å². The van der Waals surface area contributed by atoms with Crippen molar-refractivity contribution in [2.45, 2.75) is 20.8 Å². The number of nitrogens with zero attached hydrogens (tertiary/aromatic N) is 2. The van der Waals surface area contributed by atoms with E-state index in [0.717, 1.165) is 48.7 Å². The second-order valence-corrected chi connectivity index (χ2v) is 7.59. The second kappa shape index (κ2) is 7.55. The Kier molecular flexibility index (Phi) is 4.95. The van der Waals surface area contributed by atoms with Crippen LogP contribution in [-0.2, 0) is 0 Å². The van der Waals surface area contributed by atoms with Gasteiger partial charge in [0.15, 0.2) is 0 Å². The van der Waals surface area contributed by atoms with Gasteiger partial charge in [-0.05, 0) is 49.6 Å². The molecule has 1 aromatic heterocycles. The number of H-pyrrole nitrogens is 1. The lowest BCUT2D eigenvalue weighted by atomic mass is 10.1. The number of benzene rings is 2. The SMILES string of the molecule is Cc1cccc(N2CCN(C(=O)c3cc(-c4ccccc4)[nH]c3C)CC2)c1C. The van der Waals surface area contributed by atoms with Crippen LogP contribution in [0.3, 0.4) is 0 Å². The summed E-state index contributed by atoms with van der Waals surface area (Å²) in [6.07, 6.45) is 0. The van der Waals surface area contributed by atoms with Crippen LogP contribution in [0, 0.1) is 20.8 Å². The van der Waals surface area contributed by atoms with Crippen molar-refractivity contribution in [3.05, 3.63) is 77.0 Å². The summed E-state index contributed by atoms with van der Waals surface area (Å²) in [5.74, 6) is 0.122. The summed E-state index contributed by atoms with van der Waals surface area (Å²) in [4.78, 5) is 20.9. The Morgan fingerprint density at radius 2 is 1.61 bits per heavy atom. The molecule has 1 saturated heterocycles. The quantitative estimate of drug-likeness (QED) is 0.730. The van der Waals surface area contributed by atoms with Gasteiger partial charge in [0, 0.05) is 43.3 Å². The Labute approximate surface area is 166 Å². The molecule has 0 aliphatic carbocycles. The molecule has 4 rings (SSSR count). The second-order valence-electron chi connectivity index (χ2n) is 7.59. The molecule has 0 atom stereocenters. The summed E-state index contributed by atoms with van der Waals surface area (Å²) < 4.78 is 0. The summed E-state index contributed by atoms with van der Waals surface area (Å²) in [6.45, 7) is 9.53. The Bertz CT molecular complexity index is 982. The highest BCUT2D eigenvalue weighted by Crippen LogP contribution is 2.26. The Morgan fingerprint density at radius 3 is 2.32 bits per heavy atom. The third kappa shape index (κ3) is 3.42. The molecule has 1 amide bonds. The van der Waals surface area contributed by atoms with Crippen molar-refractivity contribution in [3.63, 3.8) is 0 Å². The Morgan fingerprint density at radius 1 is 0.893 bits per heavy atom. The van der Waals surface area contributed by atoms with Crippen LogP contribution in [0.4, 0.5) is 5.69 Å². The van der Waals surface area contributed by atoms with E-state index in [-0.39, 0.29) is 5.91 Å². The zero-order valence-electron chi connectivity index (χ0n) is 16.8. The van der Waals surface area contributed by atoms with Gasteiger partial charge in [0.1, 0.15) is 0 Å². The molecule has 2 heterocycles. The van der Waals surface area contributed by atoms with E-state index in [1.54, 1.807) is 0 Å². The summed E-state index contributed by atoms with van der Waals surface area (Å²) in [7, 11) is 0. The molecule has 0 saturated carbocycles. The lowest BCUT2D eigenvalue weighted by Gasteiger charge is -2.37. The molecule has 4 nitrogen and oxygen atoms in total. The van der Waals surface area contributed by atoms with Crippen molar-refractivity contribution in [2.24, 2.45) is 0 Å². The first kappa shape index (κ1) is 18.4. The average Bonchev–Trinajstić information content (AvgIpc) is 3.12. The zero-order valence-corrected chi connectivity index (χ0v) is 16.8. The maximum absolute atomic E-state index is 13.1. The van der Waals surface area contributed by atoms with E-state index >= 15 is 0 Å². The molecule has 1 aliphatic rings. The van der Waals surface area contributed by atoms with Crippen LogP contribution < -0.4 is 4.90 Å². The van der Waals surface area contributed by atoms with E-state index in [9.17, 15) is 4.79 Å². The monoisotopic (exact) mass is 373 g/mol. The predicted octanol–water partition coefficient (Wildman–Crippen LogP) is 4.57. The number of hydrogen-bond acceptors (Lipinski definition) is 2. The molecule has 0 spiro atoms. The molecule has 0 radical (unpaired) electrons. The first-order valence-corrected chi connectivity index (χ1v) is 9.90. The fourth-order valence-electron chi connectivity index (χ4n) is 3.95. The van der Waals surface area contributed by atoms with Crippen LogP contribution in [0.1, 0.15) is 27.2 Å². The van der Waals surface area contributed by atoms with Gasteiger partial charge in [0.05, 0.1) is 5.56 Å². The molecule has 0 bridgehead atoms. The molecular weight excluding hydrogens is 346 g/mol. The number of carbonyl (C=O) groups excluding carboxylic acids is 1. The van der Waals surface area contributed by atoms with E-state index in [1.165, 1.54) is 16.8 Å². The van der Waals surface area contributed by atoms with Crippen molar-refractivity contribution < 1.29 is 4.79 Å². The average molecular weight is 374 g/mol. The van der Waals surface area contributed by atoms with Gasteiger partial charge in [-0.15, -0.1) is 0 Å². The summed E-state index contributed by atoms with van der Waals surface area (Å²) in [5, 5.41) is 0. The minimum absolute atomic E-state index is 0.122. The summed E-state index contributed by atoms with van der Waals surface area (Å²) in [5.41, 5.74) is 7.74. The van der Waals surface area contributed by atoms with E-state index in [1.807, 2.05) is 36.1 Å². The standard InChI is InChI=1S/C24H27N3O/c1-17-8-7-11-23(18(17)2)26-12-14-27(15-13-26)24(28)21-16-22(25-19(21)3)20-9-5-4-6-10-20/h4-11,16,25H,12-15H2,1-3H3. The van der Waals surface area contributed by atoms with E-state index in [2.05, 4.69) is 54.1 Å². The van der Waals surface area contributed by atoms with Crippen LogP contribution in [-0.4, -0.2) is 42.0 Å². The fraction of sp³-hybridized carbons (Fsp3) is 0.292. The Hall–Kier alpha value is -3.01. The lowest BCUT2D eigenvalue weighted by molar-refractivity contribution is 0.0746. The van der Waals surface area contributed by atoms with Crippen LogP contribution >= 0.6 is 0 Å². The van der Waals surface area contributed by atoms with E-state index in [0.29, 0.717) is 0 Å². The van der Waals surface area contributed by atoms with E-state index < -0.39 is 0 Å². The molecule has 144 valence electrons. The zero-order chi connectivity index (χ0) is 19.7. The fourth-order valence-corrected chi connectivity index (χ4v) is 3.95. The molecule has 28 heavy (non-hydrogen) atoms. The molecule has 1 aliphatic heterocycles. The molecule has 1 N–H and O–H groups in total. The number of carbonyl (C=O) groups is 1. The number of piperazine rings is 1. The number of rotatable bonds is 3. The molecule has 1 fully saturated rings. The van der Waals surface area contributed by atoms with Gasteiger partial charge in [-0.1, -0.05) is 42.5 Å². The van der Waals surface area contributed by atoms with Gasteiger partial charge >= 0.3 is 0 Å². The largest absolute Gasteiger partial charge is 0.368 e. The van der Waals surface area contributed by atoms with Crippen molar-refractivity contribution in [1.29, 1.82) is 0 Å². The minimum Gasteiger partial charge on any atom is -0.368 e. The first-order valence-electron chi connectivity index (χ1n) is 9.90. The third-order valence-corrected chi connectivity index (χ3v) is 5.81. The van der Waals surface area contributed by atoms with Crippen molar-refractivity contribution in [3.8, 4) is 11.3 Å². The number of aromatic amines is 1. The molecule has 3 aromatic rings. The lowest BCUT2D eigenvalue weighted by Crippen LogP contribution is -2.49. The first-order chi connectivity index (χ1) is 13.5. The van der Waals surface area contributed by atoms with Gasteiger partial charge < -0.3 is 14.8 Å². The highest BCUT2D eigenvalue weighted by molar-refractivity contribution is 5.97. The van der Waals surface area contributed by atoms with Crippen molar-refractivity contribution in [2.75, 3.05) is 31.1 Å². The smallest absolute Gasteiger partial charge is 0.255 e. The normalized spacial score (nSPS) is 14.4. The van der Waals surface area contributed by atoms with Crippen molar-refractivity contribution in [1.82, 2.24) is 9.88 Å². The van der Waals surface area contributed by atoms with Gasteiger partial charge in [0.25, 0.3) is 5.91 Å². The Balaban J connectivity index is 1.47. The minimum atomic E-state index is 0.122. The van der Waals surface area contributed by atoms with Gasteiger partial charge in [-0.3, -0.25) is 4.79 Å². The molecule has 0 unspecified atom stereocenters. The number of nitrogens with one attached hydrogen (secondary N) is 1. The number of amides is 1. The third-order valence-electron chi connectivity index (χ3n) is 5.81.